The van der Waals surface area contributed by atoms with Crippen molar-refractivity contribution in [1.82, 2.24) is 23.8 Å². The number of hydrogen-bond acceptors (Lipinski definition) is 5. The lowest BCUT2D eigenvalue weighted by Crippen LogP contribution is -2.38. The zero-order chi connectivity index (χ0) is 20.9. The minimum Gasteiger partial charge on any atom is -0.334 e. The molecule has 2 aliphatic rings. The van der Waals surface area contributed by atoms with Gasteiger partial charge in [-0.15, -0.1) is 0 Å². The number of aryl methyl sites for hydroxylation is 2. The van der Waals surface area contributed by atoms with Crippen LogP contribution in [0.5, 0.6) is 0 Å². The minimum absolute atomic E-state index is 0.153. The van der Waals surface area contributed by atoms with E-state index < -0.39 is 10.0 Å². The van der Waals surface area contributed by atoms with Gasteiger partial charge in [-0.05, 0) is 69.2 Å². The average Bonchev–Trinajstić information content (AvgIpc) is 3.54. The molecule has 158 valence electrons. The molecule has 0 spiro atoms. The summed E-state index contributed by atoms with van der Waals surface area (Å²) in [6, 6.07) is 6.41. The molecule has 0 bridgehead atoms. The lowest BCUT2D eigenvalue weighted by atomic mass is 9.94. The number of imidazole rings is 1. The second-order valence-corrected chi connectivity index (χ2v) is 10.3. The number of fused-ring (bicyclic) bond motifs is 1. The topological polar surface area (TPSA) is 81.0 Å². The zero-order valence-electron chi connectivity index (χ0n) is 17.5. The van der Waals surface area contributed by atoms with Gasteiger partial charge in [-0.25, -0.2) is 23.4 Å². The predicted molar refractivity (Wildman–Crippen MR) is 115 cm³/mol. The SMILES string of the molecule is CCn1cc(S(=O)(=O)N2CCC(c3ccc4cc(C5CC5)cnc4n3)CC2)nc1C. The molecule has 2 fully saturated rings. The number of aromatic nitrogens is 4. The van der Waals surface area contributed by atoms with E-state index in [1.165, 1.54) is 18.4 Å². The number of sulfonamides is 1. The molecule has 7 nitrogen and oxygen atoms in total. The molecule has 0 amide bonds. The van der Waals surface area contributed by atoms with Gasteiger partial charge in [0.25, 0.3) is 10.0 Å². The minimum atomic E-state index is -3.55. The first-order valence-corrected chi connectivity index (χ1v) is 12.2. The number of pyridine rings is 2. The molecule has 1 saturated heterocycles. The van der Waals surface area contributed by atoms with Gasteiger partial charge < -0.3 is 4.57 Å². The maximum atomic E-state index is 13.0. The van der Waals surface area contributed by atoms with E-state index in [4.69, 9.17) is 4.98 Å². The van der Waals surface area contributed by atoms with Crippen LogP contribution in [0.25, 0.3) is 11.0 Å². The first kappa shape index (κ1) is 19.6. The van der Waals surface area contributed by atoms with Crippen molar-refractivity contribution in [3.05, 3.63) is 47.7 Å². The summed E-state index contributed by atoms with van der Waals surface area (Å²) in [4.78, 5) is 13.7. The van der Waals surface area contributed by atoms with Gasteiger partial charge in [-0.1, -0.05) is 0 Å². The highest BCUT2D eigenvalue weighted by Gasteiger charge is 2.32. The molecule has 0 radical (unpaired) electrons. The molecule has 0 unspecified atom stereocenters. The molecule has 0 atom stereocenters. The fraction of sp³-hybridized carbons (Fsp3) is 0.500. The van der Waals surface area contributed by atoms with E-state index in [1.807, 2.05) is 24.6 Å². The Balaban J connectivity index is 1.30. The van der Waals surface area contributed by atoms with Crippen molar-refractivity contribution in [3.8, 4) is 0 Å². The summed E-state index contributed by atoms with van der Waals surface area (Å²) in [7, 11) is -3.55. The van der Waals surface area contributed by atoms with Gasteiger partial charge in [0.15, 0.2) is 10.7 Å². The number of piperidine rings is 1. The molecule has 4 heterocycles. The lowest BCUT2D eigenvalue weighted by molar-refractivity contribution is 0.316. The monoisotopic (exact) mass is 425 g/mol. The first-order chi connectivity index (χ1) is 14.5. The van der Waals surface area contributed by atoms with Crippen LogP contribution in [0.3, 0.4) is 0 Å². The standard InChI is InChI=1S/C22H27N5O2S/c1-3-26-14-21(24-15(26)2)30(28,29)27-10-8-17(9-11-27)20-7-6-18-12-19(16-4-5-16)13-23-22(18)25-20/h6-7,12-14,16-17H,3-5,8-11H2,1-2H3. The number of nitrogens with zero attached hydrogens (tertiary/aromatic N) is 5. The van der Waals surface area contributed by atoms with Crippen molar-refractivity contribution in [3.63, 3.8) is 0 Å². The summed E-state index contributed by atoms with van der Waals surface area (Å²) in [5, 5.41) is 1.24. The van der Waals surface area contributed by atoms with Crippen molar-refractivity contribution < 1.29 is 8.42 Å². The highest BCUT2D eigenvalue weighted by molar-refractivity contribution is 7.89. The van der Waals surface area contributed by atoms with Crippen LogP contribution in [0.1, 0.15) is 61.5 Å². The number of hydrogen-bond donors (Lipinski definition) is 0. The predicted octanol–water partition coefficient (Wildman–Crippen LogP) is 3.60. The van der Waals surface area contributed by atoms with Crippen molar-refractivity contribution in [2.24, 2.45) is 0 Å². The Morgan fingerprint density at radius 2 is 1.83 bits per heavy atom. The molecule has 0 aromatic carbocycles. The van der Waals surface area contributed by atoms with Gasteiger partial charge in [0, 0.05) is 49.0 Å². The smallest absolute Gasteiger partial charge is 0.262 e. The average molecular weight is 426 g/mol. The summed E-state index contributed by atoms with van der Waals surface area (Å²) in [6.45, 7) is 5.49. The van der Waals surface area contributed by atoms with Crippen LogP contribution >= 0.6 is 0 Å². The molecule has 1 aliphatic carbocycles. The molecule has 8 heteroatoms. The summed E-state index contributed by atoms with van der Waals surface area (Å²) in [5.74, 6) is 1.66. The van der Waals surface area contributed by atoms with Gasteiger partial charge in [0.1, 0.15) is 5.82 Å². The van der Waals surface area contributed by atoms with Gasteiger partial charge in [-0.2, -0.15) is 4.31 Å². The van der Waals surface area contributed by atoms with E-state index in [0.29, 0.717) is 25.6 Å². The zero-order valence-corrected chi connectivity index (χ0v) is 18.3. The van der Waals surface area contributed by atoms with E-state index >= 15 is 0 Å². The molecule has 1 saturated carbocycles. The van der Waals surface area contributed by atoms with Crippen molar-refractivity contribution in [2.75, 3.05) is 13.1 Å². The molecule has 3 aromatic heterocycles. The molecular weight excluding hydrogens is 398 g/mol. The third kappa shape index (κ3) is 3.52. The molecule has 1 aliphatic heterocycles. The fourth-order valence-corrected chi connectivity index (χ4v) is 5.82. The van der Waals surface area contributed by atoms with Crippen LogP contribution in [-0.2, 0) is 16.6 Å². The summed E-state index contributed by atoms with van der Waals surface area (Å²) in [6.07, 6.45) is 7.64. The van der Waals surface area contributed by atoms with Gasteiger partial charge in [0.05, 0.1) is 0 Å². The van der Waals surface area contributed by atoms with Crippen LogP contribution in [0.15, 0.2) is 35.6 Å². The Kier molecular flexibility index (Phi) is 4.86. The Hall–Kier alpha value is -2.32. The first-order valence-electron chi connectivity index (χ1n) is 10.8. The van der Waals surface area contributed by atoms with Crippen LogP contribution in [0.4, 0.5) is 0 Å². The normalized spacial score (nSPS) is 18.9. The second kappa shape index (κ2) is 7.42. The van der Waals surface area contributed by atoms with Crippen LogP contribution < -0.4 is 0 Å². The summed E-state index contributed by atoms with van der Waals surface area (Å²) in [5.41, 5.74) is 3.11. The number of rotatable bonds is 5. The van der Waals surface area contributed by atoms with Crippen LogP contribution in [0, 0.1) is 6.92 Å². The lowest BCUT2D eigenvalue weighted by Gasteiger charge is -2.30. The second-order valence-electron chi connectivity index (χ2n) is 8.42. The van der Waals surface area contributed by atoms with E-state index in [1.54, 1.807) is 10.5 Å². The van der Waals surface area contributed by atoms with E-state index in [9.17, 15) is 8.42 Å². The highest BCUT2D eigenvalue weighted by Crippen LogP contribution is 2.40. The van der Waals surface area contributed by atoms with Gasteiger partial charge in [-0.3, -0.25) is 0 Å². The van der Waals surface area contributed by atoms with Crippen molar-refractivity contribution in [1.29, 1.82) is 0 Å². The molecule has 3 aromatic rings. The largest absolute Gasteiger partial charge is 0.334 e. The Morgan fingerprint density at radius 3 is 2.50 bits per heavy atom. The quantitative estimate of drug-likeness (QED) is 0.624. The van der Waals surface area contributed by atoms with Crippen LogP contribution in [0.2, 0.25) is 0 Å². The maximum absolute atomic E-state index is 13.0. The Morgan fingerprint density at radius 1 is 1.07 bits per heavy atom. The third-order valence-corrected chi connectivity index (χ3v) is 8.17. The van der Waals surface area contributed by atoms with Gasteiger partial charge >= 0.3 is 0 Å². The Bertz CT molecular complexity index is 1190. The highest BCUT2D eigenvalue weighted by atomic mass is 32.2. The van der Waals surface area contributed by atoms with E-state index in [-0.39, 0.29) is 10.9 Å². The maximum Gasteiger partial charge on any atom is 0.262 e. The van der Waals surface area contributed by atoms with Crippen molar-refractivity contribution >= 4 is 21.1 Å². The van der Waals surface area contributed by atoms with E-state index in [0.717, 1.165) is 35.4 Å². The molecular formula is C22H27N5O2S. The molecule has 0 N–H and O–H groups in total. The summed E-state index contributed by atoms with van der Waals surface area (Å²) >= 11 is 0. The third-order valence-electron chi connectivity index (χ3n) is 6.40. The summed E-state index contributed by atoms with van der Waals surface area (Å²) < 4.78 is 29.4. The van der Waals surface area contributed by atoms with Crippen LogP contribution in [-0.4, -0.2) is 45.3 Å². The van der Waals surface area contributed by atoms with Crippen molar-refractivity contribution in [2.45, 2.75) is 62.9 Å². The fourth-order valence-electron chi connectivity index (χ4n) is 4.36. The van der Waals surface area contributed by atoms with E-state index in [2.05, 4.69) is 28.2 Å². The molecule has 5 rings (SSSR count). The molecule has 30 heavy (non-hydrogen) atoms. The van der Waals surface area contributed by atoms with Gasteiger partial charge in [0.2, 0.25) is 0 Å². The Labute approximate surface area is 177 Å².